The van der Waals surface area contributed by atoms with E-state index in [2.05, 4.69) is 15.1 Å². The van der Waals surface area contributed by atoms with Crippen LogP contribution in [0.2, 0.25) is 0 Å². The van der Waals surface area contributed by atoms with Gasteiger partial charge in [-0.15, -0.1) is 0 Å². The molecule has 0 aliphatic rings. The van der Waals surface area contributed by atoms with Gasteiger partial charge in [0.1, 0.15) is 0 Å². The zero-order chi connectivity index (χ0) is 18.0. The van der Waals surface area contributed by atoms with Gasteiger partial charge >= 0.3 is 0 Å². The largest absolute Gasteiger partial charge is 0.337 e. The highest BCUT2D eigenvalue weighted by molar-refractivity contribution is 5.95. The van der Waals surface area contributed by atoms with E-state index in [-0.39, 0.29) is 11.5 Å². The molecule has 0 bridgehead atoms. The van der Waals surface area contributed by atoms with Crippen LogP contribution in [0.3, 0.4) is 0 Å². The van der Waals surface area contributed by atoms with Gasteiger partial charge in [0.25, 0.3) is 11.5 Å². The van der Waals surface area contributed by atoms with E-state index >= 15 is 0 Å². The molecular formula is C18H19N5O2. The number of nitrogens with one attached hydrogen (secondary N) is 1. The van der Waals surface area contributed by atoms with Crippen LogP contribution >= 0.6 is 0 Å². The number of aryl methyl sites for hydroxylation is 1. The van der Waals surface area contributed by atoms with Gasteiger partial charge in [0, 0.05) is 25.4 Å². The van der Waals surface area contributed by atoms with E-state index in [0.717, 1.165) is 5.56 Å². The van der Waals surface area contributed by atoms with Crippen molar-refractivity contribution in [1.29, 1.82) is 0 Å². The molecule has 0 spiro atoms. The molecule has 128 valence electrons. The lowest BCUT2D eigenvalue weighted by molar-refractivity contribution is 0.0784. The molecule has 0 atom stereocenters. The first-order chi connectivity index (χ1) is 12.0. The Kier molecular flexibility index (Phi) is 4.47. The summed E-state index contributed by atoms with van der Waals surface area (Å²) in [7, 11) is 1.75. The molecule has 0 saturated heterocycles. The Morgan fingerprint density at radius 1 is 1.24 bits per heavy atom. The molecule has 0 fully saturated rings. The Labute approximate surface area is 144 Å². The highest BCUT2D eigenvalue weighted by Gasteiger charge is 2.19. The summed E-state index contributed by atoms with van der Waals surface area (Å²) in [6, 6.07) is 11.2. The third-order valence-electron chi connectivity index (χ3n) is 3.91. The smallest absolute Gasteiger partial charge is 0.257 e. The molecule has 0 unspecified atom stereocenters. The van der Waals surface area contributed by atoms with Crippen molar-refractivity contribution in [2.24, 2.45) is 0 Å². The first kappa shape index (κ1) is 16.6. The van der Waals surface area contributed by atoms with Gasteiger partial charge in [-0.3, -0.25) is 14.6 Å². The standard InChI is InChI=1S/C18H19N5O2/c1-12-9-16(24)21-18(20-12)23-13(2)15(10-19-23)17(25)22(3)11-14-7-5-4-6-8-14/h4-10H,11H2,1-3H3,(H,20,21,24). The first-order valence-electron chi connectivity index (χ1n) is 7.88. The topological polar surface area (TPSA) is 83.9 Å². The van der Waals surface area contributed by atoms with Gasteiger partial charge in [-0.25, -0.2) is 9.67 Å². The normalized spacial score (nSPS) is 10.7. The van der Waals surface area contributed by atoms with Crippen LogP contribution in [0.5, 0.6) is 0 Å². The number of aromatic amines is 1. The number of rotatable bonds is 4. The van der Waals surface area contributed by atoms with E-state index in [1.165, 1.54) is 16.9 Å². The molecule has 2 aromatic heterocycles. The maximum Gasteiger partial charge on any atom is 0.257 e. The molecule has 3 rings (SSSR count). The summed E-state index contributed by atoms with van der Waals surface area (Å²) in [4.78, 5) is 32.9. The number of nitrogens with zero attached hydrogens (tertiary/aromatic N) is 4. The average molecular weight is 337 g/mol. The van der Waals surface area contributed by atoms with Gasteiger partial charge in [0.2, 0.25) is 5.95 Å². The Bertz CT molecular complexity index is 959. The van der Waals surface area contributed by atoms with E-state index in [1.54, 1.807) is 25.8 Å². The molecule has 1 N–H and O–H groups in total. The zero-order valence-electron chi connectivity index (χ0n) is 14.4. The van der Waals surface area contributed by atoms with Crippen LogP contribution in [0.4, 0.5) is 0 Å². The van der Waals surface area contributed by atoms with Crippen molar-refractivity contribution in [2.75, 3.05) is 7.05 Å². The molecule has 2 heterocycles. The third-order valence-corrected chi connectivity index (χ3v) is 3.91. The molecule has 0 saturated carbocycles. The third kappa shape index (κ3) is 3.50. The summed E-state index contributed by atoms with van der Waals surface area (Å²) >= 11 is 0. The van der Waals surface area contributed by atoms with E-state index in [1.807, 2.05) is 30.3 Å². The second-order valence-corrected chi connectivity index (χ2v) is 5.91. The van der Waals surface area contributed by atoms with Gasteiger partial charge < -0.3 is 4.90 Å². The minimum absolute atomic E-state index is 0.136. The fourth-order valence-corrected chi connectivity index (χ4v) is 2.63. The van der Waals surface area contributed by atoms with Crippen LogP contribution in [-0.2, 0) is 6.54 Å². The summed E-state index contributed by atoms with van der Waals surface area (Å²) in [6.45, 7) is 4.01. The van der Waals surface area contributed by atoms with Crippen molar-refractivity contribution in [3.05, 3.63) is 75.5 Å². The maximum atomic E-state index is 12.7. The van der Waals surface area contributed by atoms with Crippen molar-refractivity contribution in [3.8, 4) is 5.95 Å². The number of hydrogen-bond acceptors (Lipinski definition) is 4. The molecular weight excluding hydrogens is 318 g/mol. The number of carbonyl (C=O) groups is 1. The van der Waals surface area contributed by atoms with Gasteiger partial charge in [-0.05, 0) is 19.4 Å². The van der Waals surface area contributed by atoms with Crippen molar-refractivity contribution >= 4 is 5.91 Å². The van der Waals surface area contributed by atoms with Crippen LogP contribution in [-0.4, -0.2) is 37.6 Å². The lowest BCUT2D eigenvalue weighted by Crippen LogP contribution is -2.26. The van der Waals surface area contributed by atoms with Crippen LogP contribution in [0.1, 0.15) is 27.3 Å². The molecule has 0 radical (unpaired) electrons. The number of H-pyrrole nitrogens is 1. The predicted molar refractivity (Wildman–Crippen MR) is 93.7 cm³/mol. The summed E-state index contributed by atoms with van der Waals surface area (Å²) in [5.74, 6) is 0.162. The fraction of sp³-hybridized carbons (Fsp3) is 0.222. The SMILES string of the molecule is Cc1cc(=O)[nH]c(-n2ncc(C(=O)N(C)Cc3ccccc3)c2C)n1. The highest BCUT2D eigenvalue weighted by atomic mass is 16.2. The molecule has 25 heavy (non-hydrogen) atoms. The number of amides is 1. The zero-order valence-corrected chi connectivity index (χ0v) is 14.4. The molecule has 7 nitrogen and oxygen atoms in total. The van der Waals surface area contributed by atoms with Crippen LogP contribution in [0, 0.1) is 13.8 Å². The van der Waals surface area contributed by atoms with E-state index in [0.29, 0.717) is 29.4 Å². The van der Waals surface area contributed by atoms with Crippen LogP contribution < -0.4 is 5.56 Å². The molecule has 1 amide bonds. The molecule has 7 heteroatoms. The minimum Gasteiger partial charge on any atom is -0.337 e. The quantitative estimate of drug-likeness (QED) is 0.787. The van der Waals surface area contributed by atoms with E-state index in [4.69, 9.17) is 0 Å². The van der Waals surface area contributed by atoms with Crippen molar-refractivity contribution in [2.45, 2.75) is 20.4 Å². The van der Waals surface area contributed by atoms with Crippen molar-refractivity contribution in [3.63, 3.8) is 0 Å². The van der Waals surface area contributed by atoms with Gasteiger partial charge in [0.15, 0.2) is 0 Å². The first-order valence-corrected chi connectivity index (χ1v) is 7.88. The average Bonchev–Trinajstić information content (AvgIpc) is 2.95. The summed E-state index contributed by atoms with van der Waals surface area (Å²) in [5, 5.41) is 4.22. The molecule has 0 aliphatic heterocycles. The second kappa shape index (κ2) is 6.72. The Hall–Kier alpha value is -3.22. The van der Waals surface area contributed by atoms with Crippen molar-refractivity contribution < 1.29 is 4.79 Å². The van der Waals surface area contributed by atoms with Crippen LogP contribution in [0.15, 0.2) is 47.4 Å². The second-order valence-electron chi connectivity index (χ2n) is 5.91. The molecule has 3 aromatic rings. The Balaban J connectivity index is 1.87. The Morgan fingerprint density at radius 3 is 2.64 bits per heavy atom. The maximum absolute atomic E-state index is 12.7. The van der Waals surface area contributed by atoms with E-state index in [9.17, 15) is 9.59 Å². The lowest BCUT2D eigenvalue weighted by Gasteiger charge is -2.17. The highest BCUT2D eigenvalue weighted by Crippen LogP contribution is 2.14. The van der Waals surface area contributed by atoms with Gasteiger partial charge in [-0.2, -0.15) is 5.10 Å². The van der Waals surface area contributed by atoms with Gasteiger partial charge in [-0.1, -0.05) is 30.3 Å². The minimum atomic E-state index is -0.258. The number of benzene rings is 1. The fourth-order valence-electron chi connectivity index (χ4n) is 2.63. The predicted octanol–water partition coefficient (Wildman–Crippen LogP) is 1.84. The summed E-state index contributed by atoms with van der Waals surface area (Å²) in [6.07, 6.45) is 1.50. The number of aromatic nitrogens is 4. The van der Waals surface area contributed by atoms with E-state index < -0.39 is 0 Å². The summed E-state index contributed by atoms with van der Waals surface area (Å²) in [5.41, 5.74) is 2.48. The molecule has 1 aromatic carbocycles. The van der Waals surface area contributed by atoms with Crippen molar-refractivity contribution in [1.82, 2.24) is 24.6 Å². The van der Waals surface area contributed by atoms with Gasteiger partial charge in [0.05, 0.1) is 17.5 Å². The summed E-state index contributed by atoms with van der Waals surface area (Å²) < 4.78 is 1.47. The molecule has 0 aliphatic carbocycles. The number of carbonyl (C=O) groups excluding carboxylic acids is 1. The Morgan fingerprint density at radius 2 is 1.96 bits per heavy atom. The lowest BCUT2D eigenvalue weighted by atomic mass is 10.2. The monoisotopic (exact) mass is 337 g/mol. The van der Waals surface area contributed by atoms with Crippen LogP contribution in [0.25, 0.3) is 5.95 Å². The number of hydrogen-bond donors (Lipinski definition) is 1.